The highest BCUT2D eigenvalue weighted by atomic mass is 32.1. The summed E-state index contributed by atoms with van der Waals surface area (Å²) in [6.07, 6.45) is 0.832. The molecule has 0 saturated heterocycles. The summed E-state index contributed by atoms with van der Waals surface area (Å²) in [5.41, 5.74) is 2.70. The number of anilines is 1. The molecule has 0 aliphatic carbocycles. The van der Waals surface area contributed by atoms with Crippen molar-refractivity contribution in [3.63, 3.8) is 0 Å². The molecule has 2 heterocycles. The van der Waals surface area contributed by atoms with Crippen LogP contribution in [0.3, 0.4) is 0 Å². The van der Waals surface area contributed by atoms with Crippen LogP contribution in [-0.2, 0) is 11.2 Å². The van der Waals surface area contributed by atoms with E-state index in [1.807, 2.05) is 18.4 Å². The highest BCUT2D eigenvalue weighted by Gasteiger charge is 2.33. The second-order valence-electron chi connectivity index (χ2n) is 6.15. The van der Waals surface area contributed by atoms with Gasteiger partial charge in [0.25, 0.3) is 0 Å². The molecule has 2 aromatic rings. The van der Waals surface area contributed by atoms with Gasteiger partial charge in [-0.3, -0.25) is 4.79 Å². The minimum atomic E-state index is -0.226. The zero-order valence-corrected chi connectivity index (χ0v) is 14.5. The Morgan fingerprint density at radius 2 is 2.26 bits per heavy atom. The average Bonchev–Trinajstić information content (AvgIpc) is 3.01. The van der Waals surface area contributed by atoms with E-state index in [9.17, 15) is 4.79 Å². The van der Waals surface area contributed by atoms with E-state index in [2.05, 4.69) is 30.2 Å². The molecule has 0 bridgehead atoms. The van der Waals surface area contributed by atoms with Crippen LogP contribution in [0.5, 0.6) is 11.5 Å². The van der Waals surface area contributed by atoms with Gasteiger partial charge in [-0.1, -0.05) is 0 Å². The minimum Gasteiger partial charge on any atom is -0.490 e. The van der Waals surface area contributed by atoms with Crippen LogP contribution in [0.15, 0.2) is 17.5 Å². The molecule has 0 fully saturated rings. The van der Waals surface area contributed by atoms with Crippen molar-refractivity contribution < 1.29 is 14.3 Å². The Labute approximate surface area is 139 Å². The van der Waals surface area contributed by atoms with Gasteiger partial charge in [-0.05, 0) is 32.9 Å². The number of amides is 1. The summed E-state index contributed by atoms with van der Waals surface area (Å²) in [4.78, 5) is 15.6. The van der Waals surface area contributed by atoms with Gasteiger partial charge in [-0.25, -0.2) is 4.98 Å². The number of hydrogen-bond donors (Lipinski definition) is 1. The van der Waals surface area contributed by atoms with Crippen LogP contribution < -0.4 is 14.8 Å². The van der Waals surface area contributed by atoms with Crippen molar-refractivity contribution >= 4 is 22.4 Å². The Bertz CT molecular complexity index is 752. The van der Waals surface area contributed by atoms with E-state index in [4.69, 9.17) is 9.47 Å². The molecule has 5 nitrogen and oxygen atoms in total. The van der Waals surface area contributed by atoms with Gasteiger partial charge in [0.2, 0.25) is 5.91 Å². The second kappa shape index (κ2) is 5.85. The smallest absolute Gasteiger partial charge is 0.223 e. The van der Waals surface area contributed by atoms with Crippen LogP contribution in [0.1, 0.15) is 33.3 Å². The number of ether oxygens (including phenoxy) is 2. The van der Waals surface area contributed by atoms with Gasteiger partial charge in [-0.2, -0.15) is 0 Å². The van der Waals surface area contributed by atoms with E-state index in [0.29, 0.717) is 11.7 Å². The van der Waals surface area contributed by atoms with Crippen molar-refractivity contribution in [3.8, 4) is 22.8 Å². The number of rotatable bonds is 4. The predicted octanol–water partition coefficient (Wildman–Crippen LogP) is 3.88. The maximum Gasteiger partial charge on any atom is 0.223 e. The monoisotopic (exact) mass is 332 g/mol. The molecule has 1 aliphatic heterocycles. The quantitative estimate of drug-likeness (QED) is 0.923. The van der Waals surface area contributed by atoms with Gasteiger partial charge in [0.05, 0.1) is 12.3 Å². The van der Waals surface area contributed by atoms with Crippen molar-refractivity contribution in [1.29, 1.82) is 0 Å². The summed E-state index contributed by atoms with van der Waals surface area (Å²) in [6.45, 7) is 8.15. The highest BCUT2D eigenvalue weighted by molar-refractivity contribution is 7.14. The Morgan fingerprint density at radius 3 is 2.96 bits per heavy atom. The summed E-state index contributed by atoms with van der Waals surface area (Å²) in [5, 5.41) is 5.25. The Hall–Kier alpha value is -2.08. The maximum atomic E-state index is 11.1. The van der Waals surface area contributed by atoms with Crippen LogP contribution in [0.4, 0.5) is 5.13 Å². The lowest BCUT2D eigenvalue weighted by molar-refractivity contribution is -0.114. The van der Waals surface area contributed by atoms with Crippen LogP contribution >= 0.6 is 11.3 Å². The Kier molecular flexibility index (Phi) is 4.02. The Balaban J connectivity index is 1.99. The number of hydrogen-bond acceptors (Lipinski definition) is 5. The van der Waals surface area contributed by atoms with Gasteiger partial charge in [0.1, 0.15) is 5.60 Å². The molecule has 1 aliphatic rings. The normalized spacial score (nSPS) is 15.0. The zero-order chi connectivity index (χ0) is 16.6. The van der Waals surface area contributed by atoms with E-state index in [0.717, 1.165) is 34.7 Å². The Morgan fingerprint density at radius 1 is 1.48 bits per heavy atom. The fourth-order valence-electron chi connectivity index (χ4n) is 2.70. The molecule has 1 amide bonds. The number of carbonyl (C=O) groups excluding carboxylic acids is 1. The molecule has 0 saturated carbocycles. The lowest BCUT2D eigenvalue weighted by Gasteiger charge is -2.18. The van der Waals surface area contributed by atoms with Gasteiger partial charge in [0.15, 0.2) is 16.6 Å². The SMILES string of the molecule is CCOc1cc(-c2csc(NC(C)=O)n2)cc2c1OC(C)(C)C2. The number of aromatic nitrogens is 1. The molecule has 3 rings (SSSR count). The molecule has 1 aromatic carbocycles. The van der Waals surface area contributed by atoms with Crippen molar-refractivity contribution in [2.45, 2.75) is 39.7 Å². The third-order valence-corrected chi connectivity index (χ3v) is 4.27. The first-order valence-electron chi connectivity index (χ1n) is 7.60. The van der Waals surface area contributed by atoms with Gasteiger partial charge < -0.3 is 14.8 Å². The van der Waals surface area contributed by atoms with Crippen molar-refractivity contribution in [2.75, 3.05) is 11.9 Å². The summed E-state index contributed by atoms with van der Waals surface area (Å²) in [5.74, 6) is 1.46. The van der Waals surface area contributed by atoms with E-state index >= 15 is 0 Å². The predicted molar refractivity (Wildman–Crippen MR) is 91.4 cm³/mol. The van der Waals surface area contributed by atoms with Crippen LogP contribution in [0, 0.1) is 0 Å². The van der Waals surface area contributed by atoms with Gasteiger partial charge >= 0.3 is 0 Å². The number of benzene rings is 1. The van der Waals surface area contributed by atoms with Crippen LogP contribution in [0.2, 0.25) is 0 Å². The molecule has 0 spiro atoms. The molecule has 23 heavy (non-hydrogen) atoms. The zero-order valence-electron chi connectivity index (χ0n) is 13.7. The summed E-state index contributed by atoms with van der Waals surface area (Å²) in [7, 11) is 0. The van der Waals surface area contributed by atoms with Gasteiger partial charge in [0, 0.05) is 29.9 Å². The second-order valence-corrected chi connectivity index (χ2v) is 7.01. The largest absolute Gasteiger partial charge is 0.490 e. The van der Waals surface area contributed by atoms with E-state index in [1.165, 1.54) is 18.3 Å². The molecule has 6 heteroatoms. The van der Waals surface area contributed by atoms with Crippen LogP contribution in [0.25, 0.3) is 11.3 Å². The first kappa shape index (κ1) is 15.8. The van der Waals surface area contributed by atoms with Crippen molar-refractivity contribution in [2.24, 2.45) is 0 Å². The van der Waals surface area contributed by atoms with Crippen LogP contribution in [-0.4, -0.2) is 23.1 Å². The van der Waals surface area contributed by atoms with E-state index in [-0.39, 0.29) is 11.5 Å². The lowest BCUT2D eigenvalue weighted by atomic mass is 9.99. The van der Waals surface area contributed by atoms with Gasteiger partial charge in [-0.15, -0.1) is 11.3 Å². The number of nitrogens with one attached hydrogen (secondary N) is 1. The number of carbonyl (C=O) groups is 1. The standard InChI is InChI=1S/C17H20N2O3S/c1-5-21-14-7-11(6-12-8-17(3,4)22-15(12)14)13-9-23-16(19-13)18-10(2)20/h6-7,9H,5,8H2,1-4H3,(H,18,19,20). The highest BCUT2D eigenvalue weighted by Crippen LogP contribution is 2.44. The third kappa shape index (κ3) is 3.32. The number of nitrogens with zero attached hydrogens (tertiary/aromatic N) is 1. The van der Waals surface area contributed by atoms with E-state index < -0.39 is 0 Å². The third-order valence-electron chi connectivity index (χ3n) is 3.51. The maximum absolute atomic E-state index is 11.1. The molecule has 0 atom stereocenters. The minimum absolute atomic E-state index is 0.120. The number of thiazole rings is 1. The molecule has 122 valence electrons. The molecule has 1 N–H and O–H groups in total. The summed E-state index contributed by atoms with van der Waals surface area (Å²) >= 11 is 1.41. The summed E-state index contributed by atoms with van der Waals surface area (Å²) in [6, 6.07) is 4.05. The fraction of sp³-hybridized carbons (Fsp3) is 0.412. The molecule has 1 aromatic heterocycles. The fourth-order valence-corrected chi connectivity index (χ4v) is 3.47. The average molecular weight is 332 g/mol. The van der Waals surface area contributed by atoms with Crippen molar-refractivity contribution in [1.82, 2.24) is 4.98 Å². The van der Waals surface area contributed by atoms with Crippen molar-refractivity contribution in [3.05, 3.63) is 23.1 Å². The number of fused-ring (bicyclic) bond motifs is 1. The molecular weight excluding hydrogens is 312 g/mol. The van der Waals surface area contributed by atoms with E-state index in [1.54, 1.807) is 0 Å². The molecular formula is C17H20N2O3S. The summed E-state index contributed by atoms with van der Waals surface area (Å²) < 4.78 is 11.8. The topological polar surface area (TPSA) is 60.5 Å². The first-order valence-corrected chi connectivity index (χ1v) is 8.48. The lowest BCUT2D eigenvalue weighted by Crippen LogP contribution is -2.24. The molecule has 0 radical (unpaired) electrons. The first-order chi connectivity index (χ1) is 10.9. The molecule has 0 unspecified atom stereocenters.